The summed E-state index contributed by atoms with van der Waals surface area (Å²) in [6, 6.07) is 3.11. The second-order valence-electron chi connectivity index (χ2n) is 5.68. The first-order valence-corrected chi connectivity index (χ1v) is 10.8. The SMILES string of the molecule is O=C(CCc1cncs1)c1cnc(CNS(=O)(=O)c2ccc(F)c(Cl)c2)cn1. The molecule has 0 saturated carbocycles. The van der Waals surface area contributed by atoms with Crippen LogP contribution in [0.1, 0.15) is 27.5 Å². The Balaban J connectivity index is 1.59. The Labute approximate surface area is 169 Å². The number of nitrogens with one attached hydrogen (secondary N) is 1. The van der Waals surface area contributed by atoms with Gasteiger partial charge in [0.25, 0.3) is 0 Å². The third kappa shape index (κ3) is 5.16. The average molecular weight is 441 g/mol. The maximum absolute atomic E-state index is 13.2. The molecular weight excluding hydrogens is 427 g/mol. The van der Waals surface area contributed by atoms with Crippen LogP contribution in [0.15, 0.2) is 47.2 Å². The number of hydrogen-bond donors (Lipinski definition) is 1. The van der Waals surface area contributed by atoms with Crippen molar-refractivity contribution in [3.8, 4) is 0 Å². The lowest BCUT2D eigenvalue weighted by atomic mass is 10.1. The maximum atomic E-state index is 13.2. The van der Waals surface area contributed by atoms with Gasteiger partial charge in [-0.15, -0.1) is 11.3 Å². The van der Waals surface area contributed by atoms with Crippen LogP contribution in [-0.4, -0.2) is 29.2 Å². The van der Waals surface area contributed by atoms with E-state index in [1.54, 1.807) is 11.7 Å². The van der Waals surface area contributed by atoms with Crippen molar-refractivity contribution in [3.05, 3.63) is 69.4 Å². The van der Waals surface area contributed by atoms with Gasteiger partial charge in [-0.1, -0.05) is 11.6 Å². The van der Waals surface area contributed by atoms with E-state index in [2.05, 4.69) is 19.7 Å². The van der Waals surface area contributed by atoms with Gasteiger partial charge in [-0.2, -0.15) is 0 Å². The lowest BCUT2D eigenvalue weighted by Gasteiger charge is -2.07. The van der Waals surface area contributed by atoms with E-state index in [0.717, 1.165) is 23.1 Å². The topological polar surface area (TPSA) is 102 Å². The zero-order chi connectivity index (χ0) is 20.1. The number of carbonyl (C=O) groups excluding carboxylic acids is 1. The van der Waals surface area contributed by atoms with Crippen molar-refractivity contribution < 1.29 is 17.6 Å². The third-order valence-electron chi connectivity index (χ3n) is 3.72. The highest BCUT2D eigenvalue weighted by atomic mass is 35.5. The van der Waals surface area contributed by atoms with Crippen molar-refractivity contribution in [2.45, 2.75) is 24.3 Å². The number of rotatable bonds is 8. The van der Waals surface area contributed by atoms with Crippen LogP contribution in [0.2, 0.25) is 5.02 Å². The van der Waals surface area contributed by atoms with E-state index in [9.17, 15) is 17.6 Å². The summed E-state index contributed by atoms with van der Waals surface area (Å²) >= 11 is 7.10. The third-order valence-corrected chi connectivity index (χ3v) is 6.25. The number of ketones is 1. The molecule has 0 aliphatic carbocycles. The van der Waals surface area contributed by atoms with Gasteiger partial charge in [-0.05, 0) is 24.6 Å². The van der Waals surface area contributed by atoms with Crippen LogP contribution in [0.25, 0.3) is 0 Å². The van der Waals surface area contributed by atoms with Crippen LogP contribution in [0.3, 0.4) is 0 Å². The van der Waals surface area contributed by atoms with Gasteiger partial charge in [0.15, 0.2) is 5.78 Å². The number of aromatic nitrogens is 3. The molecule has 0 unspecified atom stereocenters. The first-order valence-electron chi connectivity index (χ1n) is 8.01. The summed E-state index contributed by atoms with van der Waals surface area (Å²) in [5, 5.41) is -0.288. The Morgan fingerprint density at radius 2 is 2.04 bits per heavy atom. The van der Waals surface area contributed by atoms with E-state index in [0.29, 0.717) is 12.1 Å². The second-order valence-corrected chi connectivity index (χ2v) is 8.83. The predicted molar refractivity (Wildman–Crippen MR) is 102 cm³/mol. The molecule has 2 heterocycles. The number of sulfonamides is 1. The first-order chi connectivity index (χ1) is 13.3. The van der Waals surface area contributed by atoms with Crippen molar-refractivity contribution >= 4 is 38.7 Å². The van der Waals surface area contributed by atoms with Gasteiger partial charge in [-0.25, -0.2) is 22.5 Å². The molecule has 0 spiro atoms. The normalized spacial score (nSPS) is 11.5. The highest BCUT2D eigenvalue weighted by Gasteiger charge is 2.16. The zero-order valence-corrected chi connectivity index (χ0v) is 16.7. The summed E-state index contributed by atoms with van der Waals surface area (Å²) in [5.41, 5.74) is 2.24. The molecule has 0 amide bonds. The molecule has 11 heteroatoms. The van der Waals surface area contributed by atoms with E-state index in [4.69, 9.17) is 11.6 Å². The average Bonchev–Trinajstić information content (AvgIpc) is 3.20. The summed E-state index contributed by atoms with van der Waals surface area (Å²) in [7, 11) is -3.90. The molecule has 2 aromatic heterocycles. The van der Waals surface area contributed by atoms with Gasteiger partial charge >= 0.3 is 0 Å². The maximum Gasteiger partial charge on any atom is 0.240 e. The molecular formula is C17H14ClFN4O3S2. The number of aryl methyl sites for hydroxylation is 1. The van der Waals surface area contributed by atoms with Crippen LogP contribution in [0.5, 0.6) is 0 Å². The van der Waals surface area contributed by atoms with Crippen LogP contribution in [0, 0.1) is 5.82 Å². The summed E-state index contributed by atoms with van der Waals surface area (Å²) in [6.07, 6.45) is 5.22. The number of carbonyl (C=O) groups is 1. The van der Waals surface area contributed by atoms with Crippen molar-refractivity contribution in [1.82, 2.24) is 19.7 Å². The molecule has 0 aliphatic heterocycles. The minimum atomic E-state index is -3.90. The molecule has 146 valence electrons. The molecule has 7 nitrogen and oxygen atoms in total. The van der Waals surface area contributed by atoms with Crippen molar-refractivity contribution in [2.75, 3.05) is 0 Å². The van der Waals surface area contributed by atoms with E-state index >= 15 is 0 Å². The molecule has 3 rings (SSSR count). The lowest BCUT2D eigenvalue weighted by molar-refractivity contribution is 0.0978. The molecule has 0 radical (unpaired) electrons. The predicted octanol–water partition coefficient (Wildman–Crippen LogP) is 3.02. The fraction of sp³-hybridized carbons (Fsp3) is 0.176. The minimum absolute atomic E-state index is 0.139. The van der Waals surface area contributed by atoms with Gasteiger partial charge in [0.1, 0.15) is 11.5 Å². The Bertz CT molecular complexity index is 1070. The van der Waals surface area contributed by atoms with Crippen LogP contribution < -0.4 is 4.72 Å². The Kier molecular flexibility index (Phi) is 6.45. The van der Waals surface area contributed by atoms with Gasteiger partial charge < -0.3 is 0 Å². The highest BCUT2D eigenvalue weighted by molar-refractivity contribution is 7.89. The molecule has 0 saturated heterocycles. The van der Waals surface area contributed by atoms with Gasteiger partial charge in [0.2, 0.25) is 10.0 Å². The van der Waals surface area contributed by atoms with Gasteiger partial charge in [0, 0.05) is 17.5 Å². The van der Waals surface area contributed by atoms with Crippen molar-refractivity contribution in [3.63, 3.8) is 0 Å². The number of benzene rings is 1. The molecule has 1 N–H and O–H groups in total. The first kappa shape index (κ1) is 20.5. The Morgan fingerprint density at radius 3 is 2.68 bits per heavy atom. The van der Waals surface area contributed by atoms with Gasteiger partial charge in [0.05, 0.1) is 40.1 Å². The lowest BCUT2D eigenvalue weighted by Crippen LogP contribution is -2.24. The summed E-state index contributed by atoms with van der Waals surface area (Å²) in [6.45, 7) is -0.139. The van der Waals surface area contributed by atoms with Crippen molar-refractivity contribution in [2.24, 2.45) is 0 Å². The largest absolute Gasteiger partial charge is 0.292 e. The number of halogens is 2. The fourth-order valence-electron chi connectivity index (χ4n) is 2.22. The van der Waals surface area contributed by atoms with Crippen LogP contribution in [-0.2, 0) is 23.0 Å². The summed E-state index contributed by atoms with van der Waals surface area (Å²) in [4.78, 5) is 25.1. The molecule has 1 aromatic carbocycles. The van der Waals surface area contributed by atoms with E-state index in [1.165, 1.54) is 23.7 Å². The smallest absolute Gasteiger partial charge is 0.240 e. The fourth-order valence-corrected chi connectivity index (χ4v) is 4.09. The quantitative estimate of drug-likeness (QED) is 0.540. The monoisotopic (exact) mass is 440 g/mol. The molecule has 0 fully saturated rings. The molecule has 0 atom stereocenters. The van der Waals surface area contributed by atoms with Crippen LogP contribution in [0.4, 0.5) is 4.39 Å². The van der Waals surface area contributed by atoms with E-state index in [1.807, 2.05) is 0 Å². The number of nitrogens with zero attached hydrogens (tertiary/aromatic N) is 3. The van der Waals surface area contributed by atoms with E-state index < -0.39 is 15.8 Å². The number of Topliss-reactive ketones (excluding diaryl/α,β-unsaturated/α-hetero) is 1. The van der Waals surface area contributed by atoms with Crippen molar-refractivity contribution in [1.29, 1.82) is 0 Å². The Hall–Kier alpha value is -2.27. The standard InChI is InChI=1S/C17H14ClFN4O3S2/c18-14-5-13(2-3-15(14)19)28(25,26)23-7-11-6-22-16(9-21-11)17(24)4-1-12-8-20-10-27-12/h2-3,5-6,8-10,23H,1,4,7H2. The highest BCUT2D eigenvalue weighted by Crippen LogP contribution is 2.19. The number of thiazole rings is 1. The summed E-state index contributed by atoms with van der Waals surface area (Å²) in [5.74, 6) is -0.865. The molecule has 0 aliphatic rings. The molecule has 28 heavy (non-hydrogen) atoms. The Morgan fingerprint density at radius 1 is 1.21 bits per heavy atom. The second kappa shape index (κ2) is 8.82. The summed E-state index contributed by atoms with van der Waals surface area (Å²) < 4.78 is 40.0. The zero-order valence-electron chi connectivity index (χ0n) is 14.3. The van der Waals surface area contributed by atoms with Gasteiger partial charge in [-0.3, -0.25) is 14.8 Å². The minimum Gasteiger partial charge on any atom is -0.292 e. The molecule has 3 aromatic rings. The van der Waals surface area contributed by atoms with E-state index in [-0.39, 0.29) is 34.4 Å². The molecule has 0 bridgehead atoms. The van der Waals surface area contributed by atoms with Crippen LogP contribution >= 0.6 is 22.9 Å². The number of hydrogen-bond acceptors (Lipinski definition) is 7.